The Hall–Kier alpha value is -4.04. The molecule has 0 saturated carbocycles. The molecule has 0 unspecified atom stereocenters. The molecule has 0 aromatic heterocycles. The van der Waals surface area contributed by atoms with E-state index in [2.05, 4.69) is 0 Å². The average molecular weight is 503 g/mol. The van der Waals surface area contributed by atoms with Gasteiger partial charge < -0.3 is 34.6 Å². The van der Waals surface area contributed by atoms with E-state index in [1.54, 1.807) is 12.1 Å². The summed E-state index contributed by atoms with van der Waals surface area (Å²) in [5.41, 5.74) is 2.06. The number of rotatable bonds is 12. The summed E-state index contributed by atoms with van der Waals surface area (Å²) >= 11 is 0. The highest BCUT2D eigenvalue weighted by molar-refractivity contribution is 5.84. The van der Waals surface area contributed by atoms with Gasteiger partial charge in [-0.1, -0.05) is 72.8 Å². The summed E-state index contributed by atoms with van der Waals surface area (Å²) in [5, 5.41) is 42.4. The molecule has 4 N–H and O–H groups in total. The van der Waals surface area contributed by atoms with Crippen molar-refractivity contribution in [1.82, 2.24) is 0 Å². The van der Waals surface area contributed by atoms with Crippen LogP contribution in [0.25, 0.3) is 11.1 Å². The third-order valence-corrected chi connectivity index (χ3v) is 5.78. The molecule has 0 aliphatic heterocycles. The number of aliphatic hydroxyl groups excluding tert-OH is 1. The van der Waals surface area contributed by atoms with Crippen LogP contribution in [0.15, 0.2) is 97.1 Å². The van der Waals surface area contributed by atoms with Crippen molar-refractivity contribution in [1.29, 1.82) is 0 Å². The third kappa shape index (κ3) is 7.01. The molecule has 0 radical (unpaired) electrons. The Bertz CT molecular complexity index is 1240. The third-order valence-electron chi connectivity index (χ3n) is 5.78. The molecule has 0 aliphatic rings. The molecule has 0 saturated heterocycles. The Morgan fingerprint density at radius 3 is 1.59 bits per heavy atom. The zero-order valence-corrected chi connectivity index (χ0v) is 20.2. The first-order chi connectivity index (χ1) is 18.0. The quantitative estimate of drug-likeness (QED) is 0.216. The maximum Gasteiger partial charge on any atom is 0.150 e. The molecule has 4 aromatic rings. The van der Waals surface area contributed by atoms with Crippen molar-refractivity contribution in [3.8, 4) is 34.1 Å². The van der Waals surface area contributed by atoms with Crippen LogP contribution in [-0.2, 0) is 22.7 Å². The molecular formula is C30H30O7. The van der Waals surface area contributed by atoms with Crippen molar-refractivity contribution in [3.63, 3.8) is 0 Å². The molecule has 4 aromatic carbocycles. The lowest BCUT2D eigenvalue weighted by Gasteiger charge is -2.26. The molecule has 0 aliphatic carbocycles. The summed E-state index contributed by atoms with van der Waals surface area (Å²) in [4.78, 5) is 0. The number of benzene rings is 4. The molecule has 7 nitrogen and oxygen atoms in total. The van der Waals surface area contributed by atoms with E-state index >= 15 is 0 Å². The zero-order chi connectivity index (χ0) is 26.0. The van der Waals surface area contributed by atoms with E-state index in [4.69, 9.17) is 14.2 Å². The van der Waals surface area contributed by atoms with Crippen molar-refractivity contribution >= 4 is 0 Å². The van der Waals surface area contributed by atoms with E-state index in [1.165, 1.54) is 24.3 Å². The highest BCUT2D eigenvalue weighted by Crippen LogP contribution is 2.46. The maximum absolute atomic E-state index is 11.0. The maximum atomic E-state index is 11.0. The summed E-state index contributed by atoms with van der Waals surface area (Å²) in [7, 11) is 0. The summed E-state index contributed by atoms with van der Waals surface area (Å²) in [6, 6.07) is 28.1. The molecule has 0 fully saturated rings. The zero-order valence-electron chi connectivity index (χ0n) is 20.2. The fraction of sp³-hybridized carbons (Fsp3) is 0.200. The van der Waals surface area contributed by atoms with E-state index in [1.807, 2.05) is 60.7 Å². The first-order valence-corrected chi connectivity index (χ1v) is 11.9. The summed E-state index contributed by atoms with van der Waals surface area (Å²) in [6.07, 6.45) is -1.96. The Morgan fingerprint density at radius 2 is 1.03 bits per heavy atom. The van der Waals surface area contributed by atoms with Crippen LogP contribution in [0.1, 0.15) is 11.1 Å². The first-order valence-electron chi connectivity index (χ1n) is 11.9. The van der Waals surface area contributed by atoms with E-state index in [0.29, 0.717) is 13.2 Å². The van der Waals surface area contributed by atoms with Gasteiger partial charge in [0.1, 0.15) is 35.2 Å². The molecule has 192 valence electrons. The van der Waals surface area contributed by atoms with Gasteiger partial charge in [0, 0.05) is 0 Å². The molecule has 37 heavy (non-hydrogen) atoms. The normalized spacial score (nSPS) is 12.7. The van der Waals surface area contributed by atoms with Gasteiger partial charge in [-0.3, -0.25) is 0 Å². The molecule has 7 heteroatoms. The number of hydrogen-bond acceptors (Lipinski definition) is 7. The molecular weight excluding hydrogens is 472 g/mol. The monoisotopic (exact) mass is 502 g/mol. The highest BCUT2D eigenvalue weighted by Gasteiger charge is 2.26. The number of hydrogen-bond donors (Lipinski definition) is 4. The molecule has 0 bridgehead atoms. The van der Waals surface area contributed by atoms with Gasteiger partial charge in [-0.2, -0.15) is 0 Å². The van der Waals surface area contributed by atoms with Crippen molar-refractivity contribution in [2.24, 2.45) is 0 Å². The predicted octanol–water partition coefficient (Wildman–Crippen LogP) is 5.01. The van der Waals surface area contributed by atoms with Crippen LogP contribution in [0, 0.1) is 0 Å². The van der Waals surface area contributed by atoms with Gasteiger partial charge in [-0.15, -0.1) is 0 Å². The average Bonchev–Trinajstić information content (AvgIpc) is 2.90. The van der Waals surface area contributed by atoms with E-state index in [0.717, 1.165) is 11.1 Å². The molecule has 4 rings (SSSR count). The topological polar surface area (TPSA) is 109 Å². The van der Waals surface area contributed by atoms with Crippen LogP contribution in [0.4, 0.5) is 0 Å². The van der Waals surface area contributed by atoms with Crippen LogP contribution < -0.4 is 4.74 Å². The number of phenolic OH excluding ortho intramolecular Hbond substituents is 3. The lowest BCUT2D eigenvalue weighted by atomic mass is 10.0. The Kier molecular flexibility index (Phi) is 8.99. The van der Waals surface area contributed by atoms with Gasteiger partial charge in [0.25, 0.3) is 0 Å². The Balaban J connectivity index is 1.54. The number of aromatic hydroxyl groups is 3. The minimum atomic E-state index is -1.08. The molecule has 2 atom stereocenters. The Morgan fingerprint density at radius 1 is 0.541 bits per heavy atom. The van der Waals surface area contributed by atoms with E-state index < -0.39 is 12.2 Å². The van der Waals surface area contributed by atoms with Crippen LogP contribution in [0.2, 0.25) is 0 Å². The Labute approximate surface area is 215 Å². The van der Waals surface area contributed by atoms with E-state index in [-0.39, 0.29) is 47.3 Å². The minimum Gasteiger partial charge on any atom is -0.507 e. The number of ether oxygens (including phenoxy) is 3. The first kappa shape index (κ1) is 26.0. The molecule has 0 amide bonds. The second kappa shape index (κ2) is 12.8. The van der Waals surface area contributed by atoms with Gasteiger partial charge >= 0.3 is 0 Å². The van der Waals surface area contributed by atoms with Gasteiger partial charge in [-0.05, 0) is 35.4 Å². The standard InChI is InChI=1S/C30H30O7/c31-23-13-7-14-24(32)29(23)30-25(33)15-8-16-27(30)37-28(20-36-18-22-11-5-2-6-12-22)26(34)19-35-17-21-9-3-1-4-10-21/h1-16,26,28,31-34H,17-20H2/t26-,28+/m0/s1. The van der Waals surface area contributed by atoms with Gasteiger partial charge in [0.15, 0.2) is 0 Å². The van der Waals surface area contributed by atoms with Crippen molar-refractivity contribution in [2.45, 2.75) is 25.4 Å². The van der Waals surface area contributed by atoms with Crippen molar-refractivity contribution in [2.75, 3.05) is 13.2 Å². The minimum absolute atomic E-state index is 0.0204. The molecule has 0 heterocycles. The van der Waals surface area contributed by atoms with Crippen LogP contribution in [-0.4, -0.2) is 45.8 Å². The highest BCUT2D eigenvalue weighted by atomic mass is 16.5. The van der Waals surface area contributed by atoms with Gasteiger partial charge in [-0.25, -0.2) is 0 Å². The predicted molar refractivity (Wildman–Crippen MR) is 139 cm³/mol. The van der Waals surface area contributed by atoms with Crippen LogP contribution in [0.5, 0.6) is 23.0 Å². The van der Waals surface area contributed by atoms with Gasteiger partial charge in [0.2, 0.25) is 0 Å². The fourth-order valence-corrected chi connectivity index (χ4v) is 3.89. The van der Waals surface area contributed by atoms with Crippen LogP contribution in [0.3, 0.4) is 0 Å². The lowest BCUT2D eigenvalue weighted by Crippen LogP contribution is -2.39. The smallest absolute Gasteiger partial charge is 0.150 e. The summed E-state index contributed by atoms with van der Waals surface area (Å²) in [5.74, 6) is -0.495. The van der Waals surface area contributed by atoms with Crippen LogP contribution >= 0.6 is 0 Å². The SMILES string of the molecule is Oc1cccc(O)c1-c1c(O)cccc1O[C@H](COCc1ccccc1)[C@@H](O)COCc1ccccc1. The van der Waals surface area contributed by atoms with Gasteiger partial charge in [0.05, 0.1) is 37.6 Å². The van der Waals surface area contributed by atoms with Crippen molar-refractivity contribution in [3.05, 3.63) is 108 Å². The largest absolute Gasteiger partial charge is 0.507 e. The second-order valence-electron chi connectivity index (χ2n) is 8.55. The summed E-state index contributed by atoms with van der Waals surface area (Å²) in [6.45, 7) is 0.626. The fourth-order valence-electron chi connectivity index (χ4n) is 3.89. The molecule has 0 spiro atoms. The lowest BCUT2D eigenvalue weighted by molar-refractivity contribution is -0.0651. The summed E-state index contributed by atoms with van der Waals surface area (Å²) < 4.78 is 17.7. The van der Waals surface area contributed by atoms with E-state index in [9.17, 15) is 20.4 Å². The van der Waals surface area contributed by atoms with Crippen molar-refractivity contribution < 1.29 is 34.6 Å². The second-order valence-corrected chi connectivity index (χ2v) is 8.55. The number of aliphatic hydroxyl groups is 1. The number of phenols is 3.